The van der Waals surface area contributed by atoms with Gasteiger partial charge in [0.1, 0.15) is 0 Å². The smallest absolute Gasteiger partial charge is 0.0635 e. The first-order valence-electron chi connectivity index (χ1n) is 7.81. The van der Waals surface area contributed by atoms with Crippen molar-refractivity contribution in [2.75, 3.05) is 18.1 Å². The van der Waals surface area contributed by atoms with E-state index in [1.807, 2.05) is 12.1 Å². The highest BCUT2D eigenvalue weighted by Crippen LogP contribution is 2.30. The normalized spacial score (nSPS) is 19.9. The third kappa shape index (κ3) is 4.60. The van der Waals surface area contributed by atoms with Gasteiger partial charge < -0.3 is 15.3 Å². The Bertz CT molecular complexity index is 470. The highest BCUT2D eigenvalue weighted by atomic mass is 35.5. The van der Waals surface area contributed by atoms with Gasteiger partial charge in [-0.25, -0.2) is 0 Å². The van der Waals surface area contributed by atoms with Crippen LogP contribution in [0.2, 0.25) is 5.02 Å². The van der Waals surface area contributed by atoms with Crippen molar-refractivity contribution in [1.82, 2.24) is 5.32 Å². The van der Waals surface area contributed by atoms with Crippen molar-refractivity contribution in [2.45, 2.75) is 58.2 Å². The molecular weight excluding hydrogens is 284 g/mol. The van der Waals surface area contributed by atoms with Crippen molar-refractivity contribution < 1.29 is 5.11 Å². The van der Waals surface area contributed by atoms with Crippen molar-refractivity contribution in [3.05, 3.63) is 28.8 Å². The van der Waals surface area contributed by atoms with E-state index in [2.05, 4.69) is 37.1 Å². The van der Waals surface area contributed by atoms with E-state index < -0.39 is 0 Å². The molecule has 3 nitrogen and oxygen atoms in total. The zero-order valence-corrected chi connectivity index (χ0v) is 14.1. The number of anilines is 1. The molecule has 1 fully saturated rings. The minimum Gasteiger partial charge on any atom is -0.394 e. The SMILES string of the molecule is CC(C)(C)NCc1ccc(Cl)cc1N1CCCCC1CO. The second-order valence-corrected chi connectivity index (χ2v) is 7.34. The summed E-state index contributed by atoms with van der Waals surface area (Å²) >= 11 is 6.21. The molecule has 0 aliphatic carbocycles. The minimum atomic E-state index is 0.0786. The molecule has 2 rings (SSSR count). The molecule has 0 aromatic heterocycles. The second-order valence-electron chi connectivity index (χ2n) is 6.90. The van der Waals surface area contributed by atoms with Crippen LogP contribution in [-0.4, -0.2) is 29.8 Å². The molecule has 1 aromatic carbocycles. The number of rotatable bonds is 4. The van der Waals surface area contributed by atoms with Crippen molar-refractivity contribution in [3.8, 4) is 0 Å². The summed E-state index contributed by atoms with van der Waals surface area (Å²) in [5, 5.41) is 13.9. The summed E-state index contributed by atoms with van der Waals surface area (Å²) in [4.78, 5) is 2.33. The third-order valence-electron chi connectivity index (χ3n) is 4.00. The van der Waals surface area contributed by atoms with Gasteiger partial charge in [0.25, 0.3) is 0 Å². The molecule has 0 radical (unpaired) electrons. The first-order chi connectivity index (χ1) is 9.90. The van der Waals surface area contributed by atoms with Gasteiger partial charge in [0, 0.05) is 29.3 Å². The summed E-state index contributed by atoms with van der Waals surface area (Å²) in [6.45, 7) is 8.51. The Morgan fingerprint density at radius 3 is 2.76 bits per heavy atom. The van der Waals surface area contributed by atoms with Crippen molar-refractivity contribution in [3.63, 3.8) is 0 Å². The summed E-state index contributed by atoms with van der Waals surface area (Å²) < 4.78 is 0. The van der Waals surface area contributed by atoms with E-state index in [0.29, 0.717) is 0 Å². The van der Waals surface area contributed by atoms with E-state index in [-0.39, 0.29) is 18.2 Å². The van der Waals surface area contributed by atoms with Crippen LogP contribution in [-0.2, 0) is 6.54 Å². The molecule has 1 aliphatic heterocycles. The van der Waals surface area contributed by atoms with E-state index in [0.717, 1.165) is 30.2 Å². The number of nitrogens with one attached hydrogen (secondary N) is 1. The van der Waals surface area contributed by atoms with Crippen LogP contribution >= 0.6 is 11.6 Å². The number of hydrogen-bond donors (Lipinski definition) is 2. The van der Waals surface area contributed by atoms with E-state index in [1.165, 1.54) is 18.4 Å². The van der Waals surface area contributed by atoms with Gasteiger partial charge >= 0.3 is 0 Å². The standard InChI is InChI=1S/C17H27ClN2O/c1-17(2,3)19-11-13-7-8-14(18)10-16(13)20-9-5-4-6-15(20)12-21/h7-8,10,15,19,21H,4-6,9,11-12H2,1-3H3. The number of hydrogen-bond acceptors (Lipinski definition) is 3. The molecule has 4 heteroatoms. The summed E-state index contributed by atoms with van der Waals surface area (Å²) in [5.74, 6) is 0. The fraction of sp³-hybridized carbons (Fsp3) is 0.647. The number of aliphatic hydroxyl groups excluding tert-OH is 1. The Balaban J connectivity index is 2.25. The molecule has 2 N–H and O–H groups in total. The quantitative estimate of drug-likeness (QED) is 0.892. The molecule has 0 saturated carbocycles. The molecular formula is C17H27ClN2O. The second kappa shape index (κ2) is 6.99. The Hall–Kier alpha value is -0.770. The molecule has 118 valence electrons. The van der Waals surface area contributed by atoms with Gasteiger partial charge in [-0.1, -0.05) is 17.7 Å². The largest absolute Gasteiger partial charge is 0.394 e. The third-order valence-corrected chi connectivity index (χ3v) is 4.24. The fourth-order valence-electron chi connectivity index (χ4n) is 2.82. The summed E-state index contributed by atoms with van der Waals surface area (Å²) in [7, 11) is 0. The van der Waals surface area contributed by atoms with E-state index >= 15 is 0 Å². The lowest BCUT2D eigenvalue weighted by atomic mass is 10.00. The number of aliphatic hydroxyl groups is 1. The summed E-state index contributed by atoms with van der Waals surface area (Å²) in [6.07, 6.45) is 3.42. The molecule has 1 heterocycles. The Morgan fingerprint density at radius 2 is 2.10 bits per heavy atom. The lowest BCUT2D eigenvalue weighted by Gasteiger charge is -2.38. The first kappa shape index (κ1) is 16.6. The van der Waals surface area contributed by atoms with Gasteiger partial charge in [-0.2, -0.15) is 0 Å². The summed E-state index contributed by atoms with van der Waals surface area (Å²) in [5.41, 5.74) is 2.49. The molecule has 0 bridgehead atoms. The lowest BCUT2D eigenvalue weighted by Crippen LogP contribution is -2.43. The highest BCUT2D eigenvalue weighted by molar-refractivity contribution is 6.30. The van der Waals surface area contributed by atoms with E-state index in [1.54, 1.807) is 0 Å². The van der Waals surface area contributed by atoms with Gasteiger partial charge in [0.15, 0.2) is 0 Å². The van der Waals surface area contributed by atoms with Crippen molar-refractivity contribution >= 4 is 17.3 Å². The molecule has 1 unspecified atom stereocenters. The molecule has 1 aliphatic rings. The average Bonchev–Trinajstić information content (AvgIpc) is 2.45. The monoisotopic (exact) mass is 310 g/mol. The molecule has 1 aromatic rings. The van der Waals surface area contributed by atoms with Gasteiger partial charge in [0.2, 0.25) is 0 Å². The topological polar surface area (TPSA) is 35.5 Å². The van der Waals surface area contributed by atoms with Gasteiger partial charge in [-0.15, -0.1) is 0 Å². The molecule has 21 heavy (non-hydrogen) atoms. The lowest BCUT2D eigenvalue weighted by molar-refractivity contribution is 0.240. The van der Waals surface area contributed by atoms with Crippen LogP contribution in [0, 0.1) is 0 Å². The Kier molecular flexibility index (Phi) is 5.53. The van der Waals surface area contributed by atoms with E-state index in [4.69, 9.17) is 11.6 Å². The maximum Gasteiger partial charge on any atom is 0.0635 e. The zero-order chi connectivity index (χ0) is 15.5. The highest BCUT2D eigenvalue weighted by Gasteiger charge is 2.24. The van der Waals surface area contributed by atoms with Gasteiger partial charge in [0.05, 0.1) is 12.6 Å². The average molecular weight is 311 g/mol. The van der Waals surface area contributed by atoms with Crippen LogP contribution in [0.25, 0.3) is 0 Å². The maximum absolute atomic E-state index is 9.65. The number of halogens is 1. The summed E-state index contributed by atoms with van der Waals surface area (Å²) in [6, 6.07) is 6.29. The van der Waals surface area contributed by atoms with Crippen LogP contribution in [0.15, 0.2) is 18.2 Å². The van der Waals surface area contributed by atoms with Gasteiger partial charge in [-0.05, 0) is 57.7 Å². The molecule has 1 saturated heterocycles. The molecule has 1 atom stereocenters. The Labute approximate surface area is 133 Å². The number of benzene rings is 1. The van der Waals surface area contributed by atoms with Crippen LogP contribution < -0.4 is 10.2 Å². The minimum absolute atomic E-state index is 0.0786. The fourth-order valence-corrected chi connectivity index (χ4v) is 2.99. The Morgan fingerprint density at radius 1 is 1.33 bits per heavy atom. The first-order valence-corrected chi connectivity index (χ1v) is 8.19. The predicted octanol–water partition coefficient (Wildman–Crippen LogP) is 3.58. The molecule has 0 amide bonds. The van der Waals surface area contributed by atoms with Crippen LogP contribution in [0.5, 0.6) is 0 Å². The number of nitrogens with zero attached hydrogens (tertiary/aromatic N) is 1. The van der Waals surface area contributed by atoms with Crippen molar-refractivity contribution in [2.24, 2.45) is 0 Å². The van der Waals surface area contributed by atoms with E-state index in [9.17, 15) is 5.11 Å². The predicted molar refractivity (Wildman–Crippen MR) is 90.1 cm³/mol. The zero-order valence-electron chi connectivity index (χ0n) is 13.3. The van der Waals surface area contributed by atoms with Crippen LogP contribution in [0.1, 0.15) is 45.6 Å². The number of piperidine rings is 1. The van der Waals surface area contributed by atoms with Crippen molar-refractivity contribution in [1.29, 1.82) is 0 Å². The molecule has 0 spiro atoms. The van der Waals surface area contributed by atoms with Crippen LogP contribution in [0.3, 0.4) is 0 Å². The maximum atomic E-state index is 9.65. The van der Waals surface area contributed by atoms with Crippen LogP contribution in [0.4, 0.5) is 5.69 Å². The van der Waals surface area contributed by atoms with Gasteiger partial charge in [-0.3, -0.25) is 0 Å².